The first-order chi connectivity index (χ1) is 9.92. The monoisotopic (exact) mass is 307 g/mol. The molecule has 0 unspecified atom stereocenters. The zero-order valence-corrected chi connectivity index (χ0v) is 12.6. The van der Waals surface area contributed by atoms with Gasteiger partial charge >= 0.3 is 0 Å². The first-order valence-corrected chi connectivity index (χ1v) is 7.82. The summed E-state index contributed by atoms with van der Waals surface area (Å²) in [5.74, 6) is 5.60. The minimum Gasteiger partial charge on any atom is -0.292 e. The van der Waals surface area contributed by atoms with Crippen LogP contribution in [0.25, 0.3) is 0 Å². The Morgan fingerprint density at radius 1 is 1.19 bits per heavy atom. The third-order valence-corrected chi connectivity index (χ3v) is 4.21. The standard InChI is InChI=1S/C13H17N5O2S/c1-9(2)10-4-3-5-11(6-10)18-21(19,20)12-7-15-13(17-14)16-8-12/h3-9,18H,14H2,1-2H3,(H,15,16,17). The number of sulfonamides is 1. The molecule has 4 N–H and O–H groups in total. The number of rotatable bonds is 5. The van der Waals surface area contributed by atoms with Crippen LogP contribution >= 0.6 is 0 Å². The van der Waals surface area contributed by atoms with E-state index in [0.717, 1.165) is 5.56 Å². The van der Waals surface area contributed by atoms with Gasteiger partial charge in [-0.1, -0.05) is 26.0 Å². The zero-order chi connectivity index (χ0) is 15.5. The van der Waals surface area contributed by atoms with Crippen molar-refractivity contribution in [2.75, 3.05) is 10.1 Å². The molecule has 0 spiro atoms. The van der Waals surface area contributed by atoms with Crippen LogP contribution in [-0.4, -0.2) is 18.4 Å². The lowest BCUT2D eigenvalue weighted by atomic mass is 10.0. The Morgan fingerprint density at radius 3 is 2.43 bits per heavy atom. The maximum Gasteiger partial charge on any atom is 0.264 e. The number of nitrogen functional groups attached to an aromatic ring is 1. The van der Waals surface area contributed by atoms with Gasteiger partial charge in [0.25, 0.3) is 10.0 Å². The third-order valence-electron chi connectivity index (χ3n) is 2.87. The van der Waals surface area contributed by atoms with Crippen molar-refractivity contribution < 1.29 is 8.42 Å². The number of aromatic nitrogens is 2. The van der Waals surface area contributed by atoms with Crippen LogP contribution in [0.5, 0.6) is 0 Å². The lowest BCUT2D eigenvalue weighted by Crippen LogP contribution is -2.15. The van der Waals surface area contributed by atoms with E-state index in [0.29, 0.717) is 11.6 Å². The highest BCUT2D eigenvalue weighted by Gasteiger charge is 2.15. The summed E-state index contributed by atoms with van der Waals surface area (Å²) in [6, 6.07) is 7.26. The van der Waals surface area contributed by atoms with Gasteiger partial charge in [-0.05, 0) is 23.6 Å². The molecule has 1 heterocycles. The molecule has 21 heavy (non-hydrogen) atoms. The summed E-state index contributed by atoms with van der Waals surface area (Å²) in [5.41, 5.74) is 3.79. The largest absolute Gasteiger partial charge is 0.292 e. The second-order valence-electron chi connectivity index (χ2n) is 4.77. The first kappa shape index (κ1) is 15.2. The van der Waals surface area contributed by atoms with Gasteiger partial charge in [0.1, 0.15) is 4.90 Å². The summed E-state index contributed by atoms with van der Waals surface area (Å²) in [6.07, 6.45) is 2.38. The van der Waals surface area contributed by atoms with Crippen molar-refractivity contribution >= 4 is 21.7 Å². The van der Waals surface area contributed by atoms with E-state index < -0.39 is 10.0 Å². The Bertz CT molecular complexity index is 714. The van der Waals surface area contributed by atoms with Gasteiger partial charge in [-0.2, -0.15) is 0 Å². The molecule has 1 aromatic heterocycles. The highest BCUT2D eigenvalue weighted by molar-refractivity contribution is 7.92. The number of hydrogen-bond acceptors (Lipinski definition) is 6. The highest BCUT2D eigenvalue weighted by Crippen LogP contribution is 2.21. The zero-order valence-electron chi connectivity index (χ0n) is 11.7. The Morgan fingerprint density at radius 2 is 1.86 bits per heavy atom. The molecular formula is C13H17N5O2S. The molecule has 0 radical (unpaired) electrons. The van der Waals surface area contributed by atoms with Gasteiger partial charge in [-0.15, -0.1) is 0 Å². The molecule has 1 aromatic carbocycles. The number of nitrogens with two attached hydrogens (primary N) is 1. The minimum atomic E-state index is -3.72. The summed E-state index contributed by atoms with van der Waals surface area (Å²) in [7, 11) is -3.72. The SMILES string of the molecule is CC(C)c1cccc(NS(=O)(=O)c2cnc(NN)nc2)c1. The fourth-order valence-electron chi connectivity index (χ4n) is 1.70. The Hall–Kier alpha value is -2.19. The van der Waals surface area contributed by atoms with Crippen LogP contribution in [0.2, 0.25) is 0 Å². The molecule has 2 rings (SSSR count). The van der Waals surface area contributed by atoms with Crippen LogP contribution in [-0.2, 0) is 10.0 Å². The normalized spacial score (nSPS) is 11.4. The summed E-state index contributed by atoms with van der Waals surface area (Å²) in [6.45, 7) is 4.08. The molecule has 0 aliphatic heterocycles. The maximum atomic E-state index is 12.2. The van der Waals surface area contributed by atoms with Crippen molar-refractivity contribution in [1.82, 2.24) is 9.97 Å². The number of nitrogens with zero attached hydrogens (tertiary/aromatic N) is 2. The van der Waals surface area contributed by atoms with Gasteiger partial charge in [0.15, 0.2) is 0 Å². The molecule has 0 bridgehead atoms. The number of nitrogens with one attached hydrogen (secondary N) is 2. The van der Waals surface area contributed by atoms with E-state index in [1.54, 1.807) is 12.1 Å². The summed E-state index contributed by atoms with van der Waals surface area (Å²) >= 11 is 0. The summed E-state index contributed by atoms with van der Waals surface area (Å²) in [4.78, 5) is 7.54. The molecule has 0 aliphatic carbocycles. The first-order valence-electron chi connectivity index (χ1n) is 6.34. The van der Waals surface area contributed by atoms with Gasteiger partial charge in [-0.25, -0.2) is 24.2 Å². The molecule has 0 amide bonds. The lowest BCUT2D eigenvalue weighted by Gasteiger charge is -2.11. The molecule has 0 saturated heterocycles. The van der Waals surface area contributed by atoms with Crippen molar-refractivity contribution in [2.24, 2.45) is 5.84 Å². The average Bonchev–Trinajstić information content (AvgIpc) is 2.47. The Balaban J connectivity index is 2.26. The van der Waals surface area contributed by atoms with E-state index in [1.807, 2.05) is 26.0 Å². The Kier molecular flexibility index (Phi) is 4.39. The van der Waals surface area contributed by atoms with E-state index >= 15 is 0 Å². The van der Waals surface area contributed by atoms with Crippen molar-refractivity contribution in [1.29, 1.82) is 0 Å². The van der Waals surface area contributed by atoms with Crippen LogP contribution in [0, 0.1) is 0 Å². The predicted octanol–water partition coefficient (Wildman–Crippen LogP) is 1.69. The van der Waals surface area contributed by atoms with E-state index in [2.05, 4.69) is 20.1 Å². The second-order valence-corrected chi connectivity index (χ2v) is 6.45. The topological polar surface area (TPSA) is 110 Å². The minimum absolute atomic E-state index is 0.0311. The molecule has 0 saturated carbocycles. The average molecular weight is 307 g/mol. The number of anilines is 2. The Labute approximate surface area is 123 Å². The van der Waals surface area contributed by atoms with Crippen molar-refractivity contribution in [3.8, 4) is 0 Å². The maximum absolute atomic E-state index is 12.2. The van der Waals surface area contributed by atoms with Gasteiger partial charge in [-0.3, -0.25) is 10.1 Å². The van der Waals surface area contributed by atoms with Gasteiger partial charge < -0.3 is 0 Å². The fourth-order valence-corrected chi connectivity index (χ4v) is 2.64. The number of benzene rings is 1. The smallest absolute Gasteiger partial charge is 0.264 e. The van der Waals surface area contributed by atoms with E-state index in [4.69, 9.17) is 5.84 Å². The summed E-state index contributed by atoms with van der Waals surface area (Å²) < 4.78 is 27.0. The predicted molar refractivity (Wildman–Crippen MR) is 81.2 cm³/mol. The molecule has 112 valence electrons. The highest BCUT2D eigenvalue weighted by atomic mass is 32.2. The number of hydrazine groups is 1. The van der Waals surface area contributed by atoms with Crippen LogP contribution in [0.15, 0.2) is 41.6 Å². The molecule has 0 atom stereocenters. The van der Waals surface area contributed by atoms with Crippen molar-refractivity contribution in [2.45, 2.75) is 24.7 Å². The van der Waals surface area contributed by atoms with Crippen LogP contribution < -0.4 is 16.0 Å². The molecule has 8 heteroatoms. The van der Waals surface area contributed by atoms with Gasteiger partial charge in [0.05, 0.1) is 12.4 Å². The third kappa shape index (κ3) is 3.67. The van der Waals surface area contributed by atoms with Crippen LogP contribution in [0.1, 0.15) is 25.3 Å². The quantitative estimate of drug-likeness (QED) is 0.572. The fraction of sp³-hybridized carbons (Fsp3) is 0.231. The van der Waals surface area contributed by atoms with E-state index in [9.17, 15) is 8.42 Å². The van der Waals surface area contributed by atoms with Gasteiger partial charge in [0, 0.05) is 5.69 Å². The van der Waals surface area contributed by atoms with Crippen LogP contribution in [0.4, 0.5) is 11.6 Å². The van der Waals surface area contributed by atoms with Crippen molar-refractivity contribution in [3.05, 3.63) is 42.2 Å². The molecule has 0 fully saturated rings. The number of hydrogen-bond donors (Lipinski definition) is 3. The van der Waals surface area contributed by atoms with E-state index in [1.165, 1.54) is 12.4 Å². The molecular weight excluding hydrogens is 290 g/mol. The molecule has 7 nitrogen and oxygen atoms in total. The lowest BCUT2D eigenvalue weighted by molar-refractivity contribution is 0.600. The summed E-state index contributed by atoms with van der Waals surface area (Å²) in [5, 5.41) is 0. The molecule has 0 aliphatic rings. The van der Waals surface area contributed by atoms with Gasteiger partial charge in [0.2, 0.25) is 5.95 Å². The van der Waals surface area contributed by atoms with Crippen LogP contribution in [0.3, 0.4) is 0 Å². The second kappa shape index (κ2) is 6.06. The molecule has 2 aromatic rings. The van der Waals surface area contributed by atoms with E-state index in [-0.39, 0.29) is 10.8 Å². The van der Waals surface area contributed by atoms with Crippen molar-refractivity contribution in [3.63, 3.8) is 0 Å².